The molecule has 1 aliphatic rings. The van der Waals surface area contributed by atoms with Crippen molar-refractivity contribution in [3.05, 3.63) is 0 Å². The summed E-state index contributed by atoms with van der Waals surface area (Å²) in [6, 6.07) is 0.234. The normalized spacial score (nSPS) is 18.6. The van der Waals surface area contributed by atoms with Crippen LogP contribution in [0.5, 0.6) is 0 Å². The zero-order valence-corrected chi connectivity index (χ0v) is 11.5. The van der Waals surface area contributed by atoms with Gasteiger partial charge in [0.25, 0.3) is 0 Å². The first kappa shape index (κ1) is 14.5. The van der Waals surface area contributed by atoms with Gasteiger partial charge in [0.05, 0.1) is 0 Å². The predicted molar refractivity (Wildman–Crippen MR) is 69.7 cm³/mol. The molecule has 0 heterocycles. The van der Waals surface area contributed by atoms with Gasteiger partial charge in [0.15, 0.2) is 0 Å². The first-order valence-corrected chi connectivity index (χ1v) is 6.99. The summed E-state index contributed by atoms with van der Waals surface area (Å²) in [7, 11) is 0. The molecular formula is C14H27NO2. The lowest BCUT2D eigenvalue weighted by Gasteiger charge is -2.36. The highest BCUT2D eigenvalue weighted by molar-refractivity contribution is 5.83. The molecule has 1 fully saturated rings. The molecule has 1 amide bonds. The van der Waals surface area contributed by atoms with Crippen molar-refractivity contribution in [2.24, 2.45) is 5.41 Å². The Labute approximate surface area is 105 Å². The molecule has 100 valence electrons. The molecule has 0 unspecified atom stereocenters. The van der Waals surface area contributed by atoms with Crippen LogP contribution in [0.1, 0.15) is 59.3 Å². The van der Waals surface area contributed by atoms with Crippen LogP contribution < -0.4 is 0 Å². The summed E-state index contributed by atoms with van der Waals surface area (Å²) < 4.78 is 0. The molecule has 0 aliphatic heterocycles. The van der Waals surface area contributed by atoms with Crippen LogP contribution in [0.15, 0.2) is 0 Å². The fourth-order valence-corrected chi connectivity index (χ4v) is 2.91. The fraction of sp³-hybridized carbons (Fsp3) is 0.929. The molecule has 3 nitrogen and oxygen atoms in total. The minimum Gasteiger partial charge on any atom is -0.396 e. The van der Waals surface area contributed by atoms with Gasteiger partial charge in [-0.05, 0) is 39.5 Å². The Kier molecular flexibility index (Phi) is 5.44. The van der Waals surface area contributed by atoms with Crippen molar-refractivity contribution in [1.82, 2.24) is 4.90 Å². The number of aliphatic hydroxyl groups excluding tert-OH is 1. The number of hydrogen-bond acceptors (Lipinski definition) is 2. The molecule has 0 aromatic heterocycles. The summed E-state index contributed by atoms with van der Waals surface area (Å²) in [4.78, 5) is 14.7. The van der Waals surface area contributed by atoms with Gasteiger partial charge in [-0.3, -0.25) is 4.79 Å². The SMILES string of the molecule is CCC1(C(=O)N(CCCO)C(C)C)CCCC1. The zero-order valence-electron chi connectivity index (χ0n) is 11.5. The lowest BCUT2D eigenvalue weighted by atomic mass is 9.81. The number of aliphatic hydroxyl groups is 1. The highest BCUT2D eigenvalue weighted by Crippen LogP contribution is 2.42. The van der Waals surface area contributed by atoms with Crippen LogP contribution >= 0.6 is 0 Å². The average molecular weight is 241 g/mol. The number of rotatable bonds is 6. The maximum absolute atomic E-state index is 12.7. The van der Waals surface area contributed by atoms with Gasteiger partial charge in [-0.2, -0.15) is 0 Å². The predicted octanol–water partition coefficient (Wildman–Crippen LogP) is 2.58. The molecule has 0 atom stereocenters. The number of carbonyl (C=O) groups is 1. The molecule has 1 rings (SSSR count). The molecule has 0 saturated heterocycles. The number of nitrogens with zero attached hydrogens (tertiary/aromatic N) is 1. The molecular weight excluding hydrogens is 214 g/mol. The third kappa shape index (κ3) is 3.21. The van der Waals surface area contributed by atoms with Gasteiger partial charge in [0.2, 0.25) is 5.91 Å². The Morgan fingerprint density at radius 2 is 1.94 bits per heavy atom. The van der Waals surface area contributed by atoms with Crippen molar-refractivity contribution in [2.45, 2.75) is 65.3 Å². The summed E-state index contributed by atoms with van der Waals surface area (Å²) in [5.41, 5.74) is -0.0975. The van der Waals surface area contributed by atoms with Crippen LogP contribution in [0.3, 0.4) is 0 Å². The second-order valence-corrected chi connectivity index (χ2v) is 5.51. The summed E-state index contributed by atoms with van der Waals surface area (Å²) in [6.07, 6.45) is 6.10. The maximum Gasteiger partial charge on any atom is 0.229 e. The average Bonchev–Trinajstić information content (AvgIpc) is 2.78. The van der Waals surface area contributed by atoms with Gasteiger partial charge in [0, 0.05) is 24.6 Å². The quantitative estimate of drug-likeness (QED) is 0.776. The van der Waals surface area contributed by atoms with Crippen LogP contribution in [0, 0.1) is 5.41 Å². The van der Waals surface area contributed by atoms with Crippen molar-refractivity contribution in [3.63, 3.8) is 0 Å². The molecule has 0 spiro atoms. The van der Waals surface area contributed by atoms with E-state index in [9.17, 15) is 4.79 Å². The number of carbonyl (C=O) groups excluding carboxylic acids is 1. The van der Waals surface area contributed by atoms with E-state index in [-0.39, 0.29) is 18.1 Å². The molecule has 0 radical (unpaired) electrons. The summed E-state index contributed by atoms with van der Waals surface area (Å²) in [5.74, 6) is 0.320. The fourth-order valence-electron chi connectivity index (χ4n) is 2.91. The Hall–Kier alpha value is -0.570. The van der Waals surface area contributed by atoms with E-state index in [0.717, 1.165) is 19.3 Å². The standard InChI is InChI=1S/C14H27NO2/c1-4-14(8-5-6-9-14)13(17)15(12(2)3)10-7-11-16/h12,16H,4-11H2,1-3H3. The Bertz CT molecular complexity index is 245. The maximum atomic E-state index is 12.7. The molecule has 1 N–H and O–H groups in total. The van der Waals surface area contributed by atoms with E-state index < -0.39 is 0 Å². The van der Waals surface area contributed by atoms with E-state index in [1.165, 1.54) is 12.8 Å². The smallest absolute Gasteiger partial charge is 0.229 e. The summed E-state index contributed by atoms with van der Waals surface area (Å²) in [5, 5.41) is 8.93. The topological polar surface area (TPSA) is 40.5 Å². The summed E-state index contributed by atoms with van der Waals surface area (Å²) >= 11 is 0. The van der Waals surface area contributed by atoms with Gasteiger partial charge in [-0.1, -0.05) is 19.8 Å². The molecule has 1 saturated carbocycles. The monoisotopic (exact) mass is 241 g/mol. The summed E-state index contributed by atoms with van der Waals surface area (Å²) in [6.45, 7) is 7.11. The van der Waals surface area contributed by atoms with Crippen molar-refractivity contribution in [3.8, 4) is 0 Å². The zero-order chi connectivity index (χ0) is 12.9. The van der Waals surface area contributed by atoms with Crippen molar-refractivity contribution in [1.29, 1.82) is 0 Å². The van der Waals surface area contributed by atoms with Gasteiger partial charge in [-0.25, -0.2) is 0 Å². The molecule has 0 aromatic carbocycles. The molecule has 1 aliphatic carbocycles. The minimum absolute atomic E-state index is 0.0975. The second kappa shape index (κ2) is 6.39. The van der Waals surface area contributed by atoms with E-state index in [2.05, 4.69) is 20.8 Å². The van der Waals surface area contributed by atoms with Gasteiger partial charge in [-0.15, -0.1) is 0 Å². The minimum atomic E-state index is -0.0975. The third-order valence-corrected chi connectivity index (χ3v) is 4.13. The van der Waals surface area contributed by atoms with E-state index >= 15 is 0 Å². The van der Waals surface area contributed by atoms with Crippen LogP contribution in [0.2, 0.25) is 0 Å². The Morgan fingerprint density at radius 3 is 2.35 bits per heavy atom. The van der Waals surface area contributed by atoms with Crippen LogP contribution in [0.25, 0.3) is 0 Å². The van der Waals surface area contributed by atoms with E-state index in [1.54, 1.807) is 0 Å². The number of amides is 1. The van der Waals surface area contributed by atoms with Gasteiger partial charge < -0.3 is 10.0 Å². The van der Waals surface area contributed by atoms with Crippen molar-refractivity contribution >= 4 is 5.91 Å². The van der Waals surface area contributed by atoms with Crippen LogP contribution in [0.4, 0.5) is 0 Å². The number of hydrogen-bond donors (Lipinski definition) is 1. The molecule has 0 aromatic rings. The lowest BCUT2D eigenvalue weighted by Crippen LogP contribution is -2.46. The Balaban J connectivity index is 2.75. The lowest BCUT2D eigenvalue weighted by molar-refractivity contribution is -0.144. The van der Waals surface area contributed by atoms with E-state index in [1.807, 2.05) is 4.90 Å². The molecule has 17 heavy (non-hydrogen) atoms. The van der Waals surface area contributed by atoms with Gasteiger partial charge >= 0.3 is 0 Å². The highest BCUT2D eigenvalue weighted by Gasteiger charge is 2.42. The molecule has 3 heteroatoms. The highest BCUT2D eigenvalue weighted by atomic mass is 16.3. The second-order valence-electron chi connectivity index (χ2n) is 5.51. The van der Waals surface area contributed by atoms with Gasteiger partial charge in [0.1, 0.15) is 0 Å². The third-order valence-electron chi connectivity index (χ3n) is 4.13. The van der Waals surface area contributed by atoms with E-state index in [0.29, 0.717) is 18.9 Å². The van der Waals surface area contributed by atoms with E-state index in [4.69, 9.17) is 5.11 Å². The van der Waals surface area contributed by atoms with Crippen LogP contribution in [-0.4, -0.2) is 35.1 Å². The Morgan fingerprint density at radius 1 is 1.35 bits per heavy atom. The molecule has 0 bridgehead atoms. The van der Waals surface area contributed by atoms with Crippen molar-refractivity contribution < 1.29 is 9.90 Å². The first-order chi connectivity index (χ1) is 8.07. The first-order valence-electron chi connectivity index (χ1n) is 6.99. The van der Waals surface area contributed by atoms with Crippen molar-refractivity contribution in [2.75, 3.05) is 13.2 Å². The van der Waals surface area contributed by atoms with Crippen LogP contribution in [-0.2, 0) is 4.79 Å². The largest absolute Gasteiger partial charge is 0.396 e.